The molecular formula is C36H47FO8. The lowest BCUT2D eigenvalue weighted by atomic mass is 9.77. The number of allylic oxidation sites excluding steroid dienone is 2. The van der Waals surface area contributed by atoms with E-state index in [1.807, 2.05) is 19.1 Å². The molecule has 0 unspecified atom stereocenters. The van der Waals surface area contributed by atoms with Gasteiger partial charge >= 0.3 is 11.9 Å². The van der Waals surface area contributed by atoms with Gasteiger partial charge in [0.2, 0.25) is 0 Å². The zero-order chi connectivity index (χ0) is 32.8. The van der Waals surface area contributed by atoms with Crippen LogP contribution in [0.15, 0.2) is 60.7 Å². The molecule has 0 aliphatic heterocycles. The van der Waals surface area contributed by atoms with Crippen LogP contribution in [0.1, 0.15) is 70.8 Å². The van der Waals surface area contributed by atoms with Crippen molar-refractivity contribution in [1.29, 1.82) is 0 Å². The second-order valence-electron chi connectivity index (χ2n) is 12.1. The highest BCUT2D eigenvalue weighted by molar-refractivity contribution is 5.87. The minimum Gasteiger partial charge on any atom is -0.490 e. The highest BCUT2D eigenvalue weighted by atomic mass is 19.1. The zero-order valence-corrected chi connectivity index (χ0v) is 26.7. The van der Waals surface area contributed by atoms with E-state index in [4.69, 9.17) is 24.1 Å². The Hall–Kier alpha value is -3.69. The van der Waals surface area contributed by atoms with Crippen molar-refractivity contribution in [2.24, 2.45) is 11.3 Å². The van der Waals surface area contributed by atoms with Crippen LogP contribution in [-0.2, 0) is 19.1 Å². The van der Waals surface area contributed by atoms with E-state index in [1.54, 1.807) is 32.0 Å². The third kappa shape index (κ3) is 11.0. The first kappa shape index (κ1) is 35.8. The molecule has 1 saturated carbocycles. The topological polar surface area (TPSA) is 112 Å². The van der Waals surface area contributed by atoms with Crippen LogP contribution in [0.4, 0.5) is 4.39 Å². The Kier molecular flexibility index (Phi) is 14.1. The second kappa shape index (κ2) is 17.7. The Morgan fingerprint density at radius 2 is 1.58 bits per heavy atom. The summed E-state index contributed by atoms with van der Waals surface area (Å²) in [7, 11) is 0. The molecule has 0 bridgehead atoms. The van der Waals surface area contributed by atoms with Crippen LogP contribution >= 0.6 is 0 Å². The number of benzene rings is 2. The molecule has 3 rings (SSSR count). The predicted octanol–water partition coefficient (Wildman–Crippen LogP) is 6.53. The summed E-state index contributed by atoms with van der Waals surface area (Å²) in [5.41, 5.74) is 0.973. The first-order chi connectivity index (χ1) is 21.6. The van der Waals surface area contributed by atoms with Crippen LogP contribution in [0, 0.1) is 17.2 Å². The molecule has 45 heavy (non-hydrogen) atoms. The standard InChI is InChI=1S/C36H47FO8/c1-5-6-7-8-26-9-11-27(12-10-26)32-14-13-28(21-33(32)37)29-19-30(42-15-17-44-34(40)25(2)23-38)22-31(20-29)43-16-18-45-35(41)36(3,4)24-39/h5-6,13-14,19-22,26-27,38-39H,2,7-12,15-18,23-24H2,1,3-4H3/b6-5+. The van der Waals surface area contributed by atoms with Crippen molar-refractivity contribution in [2.75, 3.05) is 39.6 Å². The van der Waals surface area contributed by atoms with Crippen molar-refractivity contribution in [3.8, 4) is 22.6 Å². The van der Waals surface area contributed by atoms with Gasteiger partial charge in [0.05, 0.1) is 24.2 Å². The van der Waals surface area contributed by atoms with Gasteiger partial charge in [-0.3, -0.25) is 4.79 Å². The lowest BCUT2D eigenvalue weighted by Gasteiger charge is -2.29. The monoisotopic (exact) mass is 626 g/mol. The molecule has 2 N–H and O–H groups in total. The summed E-state index contributed by atoms with van der Waals surface area (Å²) >= 11 is 0. The molecule has 1 aliphatic rings. The van der Waals surface area contributed by atoms with Crippen LogP contribution in [0.2, 0.25) is 0 Å². The summed E-state index contributed by atoms with van der Waals surface area (Å²) in [6.45, 7) is 7.76. The van der Waals surface area contributed by atoms with E-state index >= 15 is 4.39 Å². The quantitative estimate of drug-likeness (QED) is 0.0882. The molecule has 246 valence electrons. The van der Waals surface area contributed by atoms with Crippen molar-refractivity contribution in [2.45, 2.75) is 65.2 Å². The molecule has 0 spiro atoms. The van der Waals surface area contributed by atoms with Crippen molar-refractivity contribution < 1.29 is 43.1 Å². The number of ether oxygens (including phenoxy) is 4. The number of carbonyl (C=O) groups excluding carboxylic acids is 2. The zero-order valence-electron chi connectivity index (χ0n) is 26.7. The van der Waals surface area contributed by atoms with Crippen LogP contribution in [0.5, 0.6) is 11.5 Å². The maximum Gasteiger partial charge on any atom is 0.335 e. The molecule has 8 nitrogen and oxygen atoms in total. The Bertz CT molecular complexity index is 1310. The fourth-order valence-electron chi connectivity index (χ4n) is 5.22. The van der Waals surface area contributed by atoms with Gasteiger partial charge in [-0.05, 0) is 106 Å². The molecule has 0 atom stereocenters. The van der Waals surface area contributed by atoms with Gasteiger partial charge in [-0.25, -0.2) is 9.18 Å². The summed E-state index contributed by atoms with van der Waals surface area (Å²) < 4.78 is 37.5. The van der Waals surface area contributed by atoms with Gasteiger partial charge in [0.1, 0.15) is 43.7 Å². The minimum atomic E-state index is -1.02. The van der Waals surface area contributed by atoms with Crippen LogP contribution in [0.3, 0.4) is 0 Å². The van der Waals surface area contributed by atoms with Gasteiger partial charge in [0.25, 0.3) is 0 Å². The number of aliphatic hydroxyl groups is 2. The molecule has 2 aromatic rings. The lowest BCUT2D eigenvalue weighted by molar-refractivity contribution is -0.156. The van der Waals surface area contributed by atoms with Gasteiger partial charge in [-0.2, -0.15) is 0 Å². The average Bonchev–Trinajstić information content (AvgIpc) is 3.04. The van der Waals surface area contributed by atoms with E-state index < -0.39 is 24.0 Å². The van der Waals surface area contributed by atoms with E-state index in [0.717, 1.165) is 37.7 Å². The molecule has 0 radical (unpaired) electrons. The second-order valence-corrected chi connectivity index (χ2v) is 12.1. The molecule has 1 fully saturated rings. The third-order valence-corrected chi connectivity index (χ3v) is 8.08. The number of halogens is 1. The lowest BCUT2D eigenvalue weighted by Crippen LogP contribution is -2.31. The highest BCUT2D eigenvalue weighted by Crippen LogP contribution is 2.40. The Morgan fingerprint density at radius 3 is 2.16 bits per heavy atom. The van der Waals surface area contributed by atoms with E-state index in [9.17, 15) is 14.7 Å². The molecular weight excluding hydrogens is 579 g/mol. The minimum absolute atomic E-state index is 0.0197. The van der Waals surface area contributed by atoms with Crippen LogP contribution < -0.4 is 9.47 Å². The number of hydrogen-bond donors (Lipinski definition) is 2. The molecule has 9 heteroatoms. The van der Waals surface area contributed by atoms with Gasteiger partial charge in [-0.1, -0.05) is 30.9 Å². The molecule has 0 saturated heterocycles. The average molecular weight is 627 g/mol. The fraction of sp³-hybridized carbons (Fsp3) is 0.500. The van der Waals surface area contributed by atoms with Crippen molar-refractivity contribution in [3.63, 3.8) is 0 Å². The number of rotatable bonds is 17. The maximum absolute atomic E-state index is 15.5. The van der Waals surface area contributed by atoms with E-state index in [0.29, 0.717) is 28.5 Å². The number of hydrogen-bond acceptors (Lipinski definition) is 8. The van der Waals surface area contributed by atoms with Gasteiger partial charge in [0, 0.05) is 6.07 Å². The van der Waals surface area contributed by atoms with E-state index in [-0.39, 0.29) is 50.3 Å². The molecule has 0 heterocycles. The van der Waals surface area contributed by atoms with Gasteiger partial charge in [0.15, 0.2) is 0 Å². The molecule has 2 aromatic carbocycles. The Labute approximate surface area is 265 Å². The number of aliphatic hydroxyl groups excluding tert-OH is 2. The summed E-state index contributed by atoms with van der Waals surface area (Å²) in [4.78, 5) is 23.9. The SMILES string of the molecule is C=C(CO)C(=O)OCCOc1cc(OCCOC(=O)C(C)(C)CO)cc(-c2ccc(C3CCC(CC/C=C/C)CC3)c(F)c2)c1. The smallest absolute Gasteiger partial charge is 0.335 e. The summed E-state index contributed by atoms with van der Waals surface area (Å²) in [6, 6.07) is 10.5. The maximum atomic E-state index is 15.5. The third-order valence-electron chi connectivity index (χ3n) is 8.08. The molecule has 1 aliphatic carbocycles. The van der Waals surface area contributed by atoms with Crippen LogP contribution in [-0.4, -0.2) is 61.8 Å². The first-order valence-electron chi connectivity index (χ1n) is 15.6. The summed E-state index contributed by atoms with van der Waals surface area (Å²) in [6.07, 6.45) is 10.8. The van der Waals surface area contributed by atoms with Crippen molar-refractivity contribution in [3.05, 3.63) is 72.1 Å². The Morgan fingerprint density at radius 1 is 0.933 bits per heavy atom. The van der Waals surface area contributed by atoms with Gasteiger partial charge < -0.3 is 29.2 Å². The molecule has 0 aromatic heterocycles. The first-order valence-corrected chi connectivity index (χ1v) is 15.6. The summed E-state index contributed by atoms with van der Waals surface area (Å²) in [5, 5.41) is 18.4. The summed E-state index contributed by atoms with van der Waals surface area (Å²) in [5.74, 6) is 0.215. The largest absolute Gasteiger partial charge is 0.490 e. The van der Waals surface area contributed by atoms with Gasteiger partial charge in [-0.15, -0.1) is 0 Å². The van der Waals surface area contributed by atoms with E-state index in [2.05, 4.69) is 18.7 Å². The predicted molar refractivity (Wildman–Crippen MR) is 171 cm³/mol. The highest BCUT2D eigenvalue weighted by Gasteiger charge is 2.28. The normalized spacial score (nSPS) is 16.8. The molecule has 0 amide bonds. The fourth-order valence-corrected chi connectivity index (χ4v) is 5.22. The van der Waals surface area contributed by atoms with Crippen molar-refractivity contribution >= 4 is 11.9 Å². The Balaban J connectivity index is 1.71. The number of carbonyl (C=O) groups is 2. The van der Waals surface area contributed by atoms with E-state index in [1.165, 1.54) is 12.5 Å². The van der Waals surface area contributed by atoms with Crippen molar-refractivity contribution in [1.82, 2.24) is 0 Å². The van der Waals surface area contributed by atoms with Crippen LogP contribution in [0.25, 0.3) is 11.1 Å². The number of esters is 2.